The molecule has 154 valence electrons. The number of ether oxygens (including phenoxy) is 1. The van der Waals surface area contributed by atoms with E-state index in [1.165, 1.54) is 31.4 Å². The van der Waals surface area contributed by atoms with E-state index in [1.807, 2.05) is 12.1 Å². The maximum absolute atomic E-state index is 14.3. The van der Waals surface area contributed by atoms with Gasteiger partial charge in [-0.2, -0.15) is 0 Å². The number of imidazole rings is 1. The maximum atomic E-state index is 14.3. The van der Waals surface area contributed by atoms with Gasteiger partial charge in [-0.15, -0.1) is 0 Å². The highest BCUT2D eigenvalue weighted by Gasteiger charge is 2.14. The highest BCUT2D eigenvalue weighted by Crippen LogP contribution is 2.28. The van der Waals surface area contributed by atoms with Crippen LogP contribution in [0.1, 0.15) is 45.4 Å². The van der Waals surface area contributed by atoms with Crippen molar-refractivity contribution in [1.82, 2.24) is 15.0 Å². The first-order chi connectivity index (χ1) is 14.2. The first kappa shape index (κ1) is 20.8. The molecule has 3 aromatic rings. The number of nitrogens with one attached hydrogen (secondary N) is 2. The van der Waals surface area contributed by atoms with Crippen LogP contribution in [0.15, 0.2) is 42.9 Å². The monoisotopic (exact) mass is 400 g/mol. The quantitative estimate of drug-likeness (QED) is 0.374. The summed E-state index contributed by atoms with van der Waals surface area (Å²) in [5.41, 5.74) is 1.86. The van der Waals surface area contributed by atoms with Gasteiger partial charge >= 0.3 is 0 Å². The fraction of sp³-hybridized carbons (Fsp3) is 0.364. The van der Waals surface area contributed by atoms with Gasteiger partial charge in [0.1, 0.15) is 0 Å². The number of H-pyrrole nitrogens is 1. The first-order valence-corrected chi connectivity index (χ1v) is 10.0. The maximum Gasteiger partial charge on any atom is 0.205 e. The zero-order valence-corrected chi connectivity index (χ0v) is 16.5. The molecule has 0 atom stereocenters. The van der Waals surface area contributed by atoms with Gasteiger partial charge in [0, 0.05) is 35.8 Å². The lowest BCUT2D eigenvalue weighted by Gasteiger charge is -2.10. The summed E-state index contributed by atoms with van der Waals surface area (Å²) in [6.45, 7) is 2.47. The van der Waals surface area contributed by atoms with Crippen molar-refractivity contribution in [3.63, 3.8) is 0 Å². The van der Waals surface area contributed by atoms with Crippen LogP contribution in [0.3, 0.4) is 0 Å². The molecule has 0 bridgehead atoms. The molecule has 3 rings (SSSR count). The zero-order valence-electron chi connectivity index (χ0n) is 16.5. The van der Waals surface area contributed by atoms with E-state index in [1.54, 1.807) is 18.6 Å². The van der Waals surface area contributed by atoms with Crippen molar-refractivity contribution < 1.29 is 13.5 Å². The second-order valence-corrected chi connectivity index (χ2v) is 6.90. The normalized spacial score (nSPS) is 10.9. The molecule has 7 heteroatoms. The minimum atomic E-state index is -0.738. The van der Waals surface area contributed by atoms with Crippen LogP contribution in [0.2, 0.25) is 0 Å². The Morgan fingerprint density at radius 1 is 1.03 bits per heavy atom. The van der Waals surface area contributed by atoms with Crippen molar-refractivity contribution in [1.29, 1.82) is 0 Å². The second-order valence-electron chi connectivity index (χ2n) is 6.90. The molecule has 2 heterocycles. The molecule has 0 aliphatic heterocycles. The molecule has 0 saturated heterocycles. The molecule has 1 aromatic carbocycles. The summed E-state index contributed by atoms with van der Waals surface area (Å²) in [6, 6.07) is 6.11. The Balaban J connectivity index is 1.56. The Morgan fingerprint density at radius 3 is 2.52 bits per heavy atom. The molecule has 0 saturated carbocycles. The highest BCUT2D eigenvalue weighted by molar-refractivity contribution is 5.62. The summed E-state index contributed by atoms with van der Waals surface area (Å²) in [4.78, 5) is 11.3. The number of aromatic amines is 1. The standard InChI is InChI=1S/C22H26F2N4O/c1-2-3-4-5-6-7-11-29-21-18(23)12-17(13-19(21)24)27-22-26-15-20(28-22)16-9-8-10-25-14-16/h8-10,12-15H,2-7,11H2,1H3,(H2,26,27,28). The molecule has 0 fully saturated rings. The van der Waals surface area contributed by atoms with Gasteiger partial charge in [-0.25, -0.2) is 13.8 Å². The number of rotatable bonds is 11. The second kappa shape index (κ2) is 10.5. The molecule has 0 aliphatic carbocycles. The van der Waals surface area contributed by atoms with Crippen molar-refractivity contribution in [2.45, 2.75) is 45.4 Å². The largest absolute Gasteiger partial charge is 0.488 e. The van der Waals surface area contributed by atoms with Crippen LogP contribution in [0.25, 0.3) is 11.3 Å². The van der Waals surface area contributed by atoms with Crippen molar-refractivity contribution in [2.75, 3.05) is 11.9 Å². The van der Waals surface area contributed by atoms with Gasteiger partial charge in [-0.05, 0) is 18.6 Å². The summed E-state index contributed by atoms with van der Waals surface area (Å²) in [6.07, 6.45) is 11.5. The predicted molar refractivity (Wildman–Crippen MR) is 110 cm³/mol. The Kier molecular flexibility index (Phi) is 7.55. The van der Waals surface area contributed by atoms with E-state index in [0.29, 0.717) is 12.6 Å². The summed E-state index contributed by atoms with van der Waals surface area (Å²) in [5.74, 6) is -1.43. The number of anilines is 2. The number of hydrogen-bond acceptors (Lipinski definition) is 4. The van der Waals surface area contributed by atoms with Gasteiger partial charge in [0.25, 0.3) is 0 Å². The average Bonchev–Trinajstić information content (AvgIpc) is 3.18. The molecule has 0 unspecified atom stereocenters. The number of nitrogens with zero attached hydrogens (tertiary/aromatic N) is 2. The minimum Gasteiger partial charge on any atom is -0.488 e. The third-order valence-electron chi connectivity index (χ3n) is 4.55. The lowest BCUT2D eigenvalue weighted by Crippen LogP contribution is -2.03. The van der Waals surface area contributed by atoms with E-state index in [4.69, 9.17) is 4.74 Å². The molecular weight excluding hydrogens is 374 g/mol. The topological polar surface area (TPSA) is 62.8 Å². The van der Waals surface area contributed by atoms with Crippen LogP contribution in [-0.2, 0) is 0 Å². The first-order valence-electron chi connectivity index (χ1n) is 10.0. The number of aromatic nitrogens is 3. The van der Waals surface area contributed by atoms with Crippen LogP contribution in [0.4, 0.5) is 20.4 Å². The number of pyridine rings is 1. The Hall–Kier alpha value is -2.96. The van der Waals surface area contributed by atoms with Crippen LogP contribution in [0, 0.1) is 11.6 Å². The molecule has 0 aliphatic rings. The van der Waals surface area contributed by atoms with E-state index in [0.717, 1.165) is 30.5 Å². The van der Waals surface area contributed by atoms with Crippen LogP contribution in [-0.4, -0.2) is 21.6 Å². The molecule has 0 radical (unpaired) electrons. The molecular formula is C22H26F2N4O. The SMILES string of the molecule is CCCCCCCCOc1c(F)cc(Nc2ncc(-c3cccnc3)[nH]2)cc1F. The van der Waals surface area contributed by atoms with Crippen molar-refractivity contribution in [2.24, 2.45) is 0 Å². The van der Waals surface area contributed by atoms with Gasteiger partial charge in [-0.1, -0.05) is 39.0 Å². The van der Waals surface area contributed by atoms with Crippen molar-refractivity contribution in [3.05, 3.63) is 54.5 Å². The van der Waals surface area contributed by atoms with Crippen molar-refractivity contribution in [3.8, 4) is 17.0 Å². The van der Waals surface area contributed by atoms with Gasteiger partial charge < -0.3 is 15.0 Å². The Labute approximate surface area is 169 Å². The minimum absolute atomic E-state index is 0.249. The number of benzene rings is 1. The summed E-state index contributed by atoms with van der Waals surface area (Å²) < 4.78 is 34.0. The van der Waals surface area contributed by atoms with E-state index >= 15 is 0 Å². The Morgan fingerprint density at radius 2 is 1.79 bits per heavy atom. The van der Waals surface area contributed by atoms with Gasteiger partial charge in [0.2, 0.25) is 5.95 Å². The van der Waals surface area contributed by atoms with E-state index in [2.05, 4.69) is 27.2 Å². The third-order valence-corrected chi connectivity index (χ3v) is 4.55. The highest BCUT2D eigenvalue weighted by atomic mass is 19.1. The smallest absolute Gasteiger partial charge is 0.205 e. The fourth-order valence-electron chi connectivity index (χ4n) is 3.02. The van der Waals surface area contributed by atoms with E-state index in [9.17, 15) is 8.78 Å². The van der Waals surface area contributed by atoms with Gasteiger partial charge in [0.15, 0.2) is 17.4 Å². The summed E-state index contributed by atoms with van der Waals surface area (Å²) in [5, 5.41) is 2.88. The number of unbranched alkanes of at least 4 members (excludes halogenated alkanes) is 5. The number of halogens is 2. The predicted octanol–water partition coefficient (Wildman–Crippen LogP) is 6.23. The van der Waals surface area contributed by atoms with Crippen LogP contribution < -0.4 is 10.1 Å². The van der Waals surface area contributed by atoms with Crippen molar-refractivity contribution >= 4 is 11.6 Å². The fourth-order valence-corrected chi connectivity index (χ4v) is 3.02. The van der Waals surface area contributed by atoms with Crippen LogP contribution >= 0.6 is 0 Å². The summed E-state index contributed by atoms with van der Waals surface area (Å²) in [7, 11) is 0. The van der Waals surface area contributed by atoms with E-state index < -0.39 is 11.6 Å². The van der Waals surface area contributed by atoms with Gasteiger partial charge in [-0.3, -0.25) is 4.98 Å². The molecule has 2 aromatic heterocycles. The third kappa shape index (κ3) is 6.01. The molecule has 2 N–H and O–H groups in total. The average molecular weight is 400 g/mol. The molecule has 0 amide bonds. The molecule has 5 nitrogen and oxygen atoms in total. The van der Waals surface area contributed by atoms with E-state index in [-0.39, 0.29) is 11.4 Å². The lowest BCUT2D eigenvalue weighted by atomic mass is 10.1. The summed E-state index contributed by atoms with van der Waals surface area (Å²) >= 11 is 0. The Bertz CT molecular complexity index is 876. The van der Waals surface area contributed by atoms with Gasteiger partial charge in [0.05, 0.1) is 18.5 Å². The molecule has 0 spiro atoms. The lowest BCUT2D eigenvalue weighted by molar-refractivity contribution is 0.275. The number of hydrogen-bond donors (Lipinski definition) is 2. The zero-order chi connectivity index (χ0) is 20.5. The molecule has 29 heavy (non-hydrogen) atoms. The van der Waals surface area contributed by atoms with Crippen LogP contribution in [0.5, 0.6) is 5.75 Å².